The minimum atomic E-state index is 0.477. The first-order chi connectivity index (χ1) is 9.70. The molecule has 0 amide bonds. The highest BCUT2D eigenvalue weighted by atomic mass is 79.9. The Bertz CT molecular complexity index is 710. The van der Waals surface area contributed by atoms with Crippen LogP contribution in [0.3, 0.4) is 0 Å². The second-order valence-electron chi connectivity index (χ2n) is 3.90. The Labute approximate surface area is 127 Å². The standard InChI is InChI=1S/C12H9BrN4O2S/c1-7-14-10(17-19-7)6-20-12-16-15-11(18-12)8-2-4-9(13)5-3-8/h2-5H,6H2,1H3. The molecule has 0 radical (unpaired) electrons. The Balaban J connectivity index is 1.69. The van der Waals surface area contributed by atoms with Crippen LogP contribution in [0.2, 0.25) is 0 Å². The predicted octanol–water partition coefficient (Wildman–Crippen LogP) is 3.48. The lowest BCUT2D eigenvalue weighted by Gasteiger charge is -1.94. The van der Waals surface area contributed by atoms with Crippen LogP contribution in [-0.2, 0) is 5.75 Å². The molecule has 6 nitrogen and oxygen atoms in total. The largest absolute Gasteiger partial charge is 0.411 e. The molecule has 102 valence electrons. The van der Waals surface area contributed by atoms with E-state index in [1.807, 2.05) is 24.3 Å². The summed E-state index contributed by atoms with van der Waals surface area (Å²) in [5, 5.41) is 12.3. The number of thioether (sulfide) groups is 1. The molecule has 3 rings (SSSR count). The number of aromatic nitrogens is 4. The summed E-state index contributed by atoms with van der Waals surface area (Å²) < 4.78 is 11.5. The second-order valence-corrected chi connectivity index (χ2v) is 5.74. The topological polar surface area (TPSA) is 77.8 Å². The molecule has 0 aliphatic rings. The van der Waals surface area contributed by atoms with Gasteiger partial charge in [-0.05, 0) is 24.3 Å². The lowest BCUT2D eigenvalue weighted by Crippen LogP contribution is -1.83. The third-order valence-electron chi connectivity index (χ3n) is 2.39. The van der Waals surface area contributed by atoms with Crippen LogP contribution in [0.1, 0.15) is 11.7 Å². The Hall–Kier alpha value is -1.67. The van der Waals surface area contributed by atoms with Gasteiger partial charge in [0.15, 0.2) is 5.82 Å². The average Bonchev–Trinajstić information content (AvgIpc) is 3.06. The molecule has 0 atom stereocenters. The normalized spacial score (nSPS) is 10.9. The van der Waals surface area contributed by atoms with Gasteiger partial charge >= 0.3 is 0 Å². The molecule has 0 saturated carbocycles. The van der Waals surface area contributed by atoms with Crippen LogP contribution in [0, 0.1) is 6.92 Å². The maximum Gasteiger partial charge on any atom is 0.277 e. The van der Waals surface area contributed by atoms with Crippen LogP contribution in [0.25, 0.3) is 11.5 Å². The van der Waals surface area contributed by atoms with Crippen molar-refractivity contribution in [1.29, 1.82) is 0 Å². The van der Waals surface area contributed by atoms with E-state index in [-0.39, 0.29) is 0 Å². The van der Waals surface area contributed by atoms with Crippen LogP contribution < -0.4 is 0 Å². The van der Waals surface area contributed by atoms with E-state index in [4.69, 9.17) is 8.94 Å². The molecule has 8 heteroatoms. The molecule has 1 aromatic carbocycles. The zero-order chi connectivity index (χ0) is 13.9. The fourth-order valence-electron chi connectivity index (χ4n) is 1.50. The molecule has 20 heavy (non-hydrogen) atoms. The zero-order valence-corrected chi connectivity index (χ0v) is 12.8. The molecule has 2 aromatic heterocycles. The van der Waals surface area contributed by atoms with E-state index in [1.165, 1.54) is 11.8 Å². The SMILES string of the molecule is Cc1nc(CSc2nnc(-c3ccc(Br)cc3)o2)no1. The summed E-state index contributed by atoms with van der Waals surface area (Å²) in [5.41, 5.74) is 0.878. The van der Waals surface area contributed by atoms with Gasteiger partial charge in [0.05, 0.1) is 5.75 Å². The minimum absolute atomic E-state index is 0.477. The molecule has 0 bridgehead atoms. The number of hydrogen-bond acceptors (Lipinski definition) is 7. The number of aryl methyl sites for hydroxylation is 1. The number of benzene rings is 1. The van der Waals surface area contributed by atoms with Gasteiger partial charge in [0.1, 0.15) is 0 Å². The first-order valence-corrected chi connectivity index (χ1v) is 7.50. The lowest BCUT2D eigenvalue weighted by atomic mass is 10.2. The van der Waals surface area contributed by atoms with Crippen molar-refractivity contribution < 1.29 is 8.94 Å². The molecule has 0 saturated heterocycles. The monoisotopic (exact) mass is 352 g/mol. The van der Waals surface area contributed by atoms with Crippen molar-refractivity contribution in [1.82, 2.24) is 20.3 Å². The maximum atomic E-state index is 5.58. The fraction of sp³-hybridized carbons (Fsp3) is 0.167. The predicted molar refractivity (Wildman–Crippen MR) is 76.0 cm³/mol. The molecule has 3 aromatic rings. The van der Waals surface area contributed by atoms with Crippen molar-refractivity contribution in [3.63, 3.8) is 0 Å². The Morgan fingerprint density at radius 3 is 2.70 bits per heavy atom. The third-order valence-corrected chi connectivity index (χ3v) is 3.74. The van der Waals surface area contributed by atoms with Crippen molar-refractivity contribution in [2.24, 2.45) is 0 Å². The molecule has 0 N–H and O–H groups in total. The molecule has 0 spiro atoms. The summed E-state index contributed by atoms with van der Waals surface area (Å²) in [6.45, 7) is 1.75. The summed E-state index contributed by atoms with van der Waals surface area (Å²) in [4.78, 5) is 4.11. The number of rotatable bonds is 4. The van der Waals surface area contributed by atoms with Crippen LogP contribution >= 0.6 is 27.7 Å². The van der Waals surface area contributed by atoms with Gasteiger partial charge in [0.25, 0.3) is 5.22 Å². The first-order valence-electron chi connectivity index (χ1n) is 5.72. The van der Waals surface area contributed by atoms with E-state index >= 15 is 0 Å². The van der Waals surface area contributed by atoms with Gasteiger partial charge < -0.3 is 8.94 Å². The van der Waals surface area contributed by atoms with Gasteiger partial charge in [0, 0.05) is 17.0 Å². The Morgan fingerprint density at radius 2 is 2.00 bits per heavy atom. The summed E-state index contributed by atoms with van der Waals surface area (Å²) in [7, 11) is 0. The first kappa shape index (κ1) is 13.3. The van der Waals surface area contributed by atoms with Crippen molar-refractivity contribution in [3.05, 3.63) is 40.5 Å². The van der Waals surface area contributed by atoms with Crippen molar-refractivity contribution in [3.8, 4) is 11.5 Å². The smallest absolute Gasteiger partial charge is 0.277 e. The van der Waals surface area contributed by atoms with Gasteiger partial charge in [-0.3, -0.25) is 0 Å². The van der Waals surface area contributed by atoms with E-state index in [0.717, 1.165) is 10.0 Å². The highest BCUT2D eigenvalue weighted by molar-refractivity contribution is 9.10. The number of nitrogens with zero attached hydrogens (tertiary/aromatic N) is 4. The van der Waals surface area contributed by atoms with Gasteiger partial charge in [0.2, 0.25) is 11.8 Å². The van der Waals surface area contributed by atoms with Crippen LogP contribution in [0.5, 0.6) is 0 Å². The highest BCUT2D eigenvalue weighted by Gasteiger charge is 2.11. The Kier molecular flexibility index (Phi) is 3.83. The van der Waals surface area contributed by atoms with Gasteiger partial charge in [-0.15, -0.1) is 10.2 Å². The maximum absolute atomic E-state index is 5.58. The van der Waals surface area contributed by atoms with E-state index in [2.05, 4.69) is 36.3 Å². The zero-order valence-electron chi connectivity index (χ0n) is 10.4. The highest BCUT2D eigenvalue weighted by Crippen LogP contribution is 2.25. The second kappa shape index (κ2) is 5.76. The summed E-state index contributed by atoms with van der Waals surface area (Å²) in [6, 6.07) is 7.67. The summed E-state index contributed by atoms with van der Waals surface area (Å²) in [5.74, 6) is 2.17. The van der Waals surface area contributed by atoms with Crippen molar-refractivity contribution >= 4 is 27.7 Å². The van der Waals surface area contributed by atoms with Crippen LogP contribution in [0.15, 0.2) is 42.9 Å². The van der Waals surface area contributed by atoms with Crippen LogP contribution in [-0.4, -0.2) is 20.3 Å². The van der Waals surface area contributed by atoms with Gasteiger partial charge in [-0.2, -0.15) is 4.98 Å². The molecular weight excluding hydrogens is 344 g/mol. The minimum Gasteiger partial charge on any atom is -0.411 e. The number of halogens is 1. The van der Waals surface area contributed by atoms with Crippen molar-refractivity contribution in [2.75, 3.05) is 0 Å². The molecule has 0 unspecified atom stereocenters. The van der Waals surface area contributed by atoms with Gasteiger partial charge in [-0.1, -0.05) is 32.8 Å². The lowest BCUT2D eigenvalue weighted by molar-refractivity contribution is 0.389. The average molecular weight is 353 g/mol. The summed E-state index contributed by atoms with van der Waals surface area (Å²) in [6.07, 6.45) is 0. The molecule has 0 aliphatic heterocycles. The molecule has 2 heterocycles. The molecule has 0 fully saturated rings. The Morgan fingerprint density at radius 1 is 1.20 bits per heavy atom. The van der Waals surface area contributed by atoms with Crippen LogP contribution in [0.4, 0.5) is 0 Å². The number of hydrogen-bond donors (Lipinski definition) is 0. The van der Waals surface area contributed by atoms with E-state index in [9.17, 15) is 0 Å². The van der Waals surface area contributed by atoms with E-state index in [0.29, 0.717) is 28.6 Å². The quantitative estimate of drug-likeness (QED) is 0.665. The van der Waals surface area contributed by atoms with E-state index in [1.54, 1.807) is 6.92 Å². The van der Waals surface area contributed by atoms with Gasteiger partial charge in [-0.25, -0.2) is 0 Å². The fourth-order valence-corrected chi connectivity index (χ4v) is 2.37. The molecule has 0 aliphatic carbocycles. The van der Waals surface area contributed by atoms with Crippen molar-refractivity contribution in [2.45, 2.75) is 17.9 Å². The molecular formula is C12H9BrN4O2S. The third kappa shape index (κ3) is 3.07. The summed E-state index contributed by atoms with van der Waals surface area (Å²) >= 11 is 4.75. The van der Waals surface area contributed by atoms with E-state index < -0.39 is 0 Å².